The number of nitrogens with one attached hydrogen (secondary N) is 1. The Morgan fingerprint density at radius 1 is 1.38 bits per heavy atom. The highest BCUT2D eigenvalue weighted by Gasteiger charge is 2.13. The molecule has 0 saturated carbocycles. The Hall–Kier alpha value is -3.03. The third-order valence-electron chi connectivity index (χ3n) is 2.60. The van der Waals surface area contributed by atoms with E-state index in [2.05, 4.69) is 10.3 Å². The number of aromatic hydroxyl groups is 1. The molecular weight excluding hydrogens is 281 g/mol. The van der Waals surface area contributed by atoms with E-state index in [0.29, 0.717) is 5.56 Å². The second kappa shape index (κ2) is 5.95. The van der Waals surface area contributed by atoms with Gasteiger partial charge in [-0.3, -0.25) is 14.9 Å². The van der Waals surface area contributed by atoms with Gasteiger partial charge in [-0.15, -0.1) is 0 Å². The molecule has 0 aliphatic carbocycles. The van der Waals surface area contributed by atoms with E-state index in [9.17, 15) is 24.4 Å². The van der Waals surface area contributed by atoms with Crippen molar-refractivity contribution >= 4 is 17.4 Å². The lowest BCUT2D eigenvalue weighted by Gasteiger charge is -2.06. The van der Waals surface area contributed by atoms with E-state index >= 15 is 0 Å². The largest absolute Gasteiger partial charge is 0.504 e. The molecule has 0 spiro atoms. The number of carbonyl (C=O) groups excluding carboxylic acids is 1. The Kier molecular flexibility index (Phi) is 4.07. The molecule has 1 aromatic heterocycles. The maximum absolute atomic E-state index is 12.7. The zero-order chi connectivity index (χ0) is 15.4. The van der Waals surface area contributed by atoms with Gasteiger partial charge >= 0.3 is 0 Å². The summed E-state index contributed by atoms with van der Waals surface area (Å²) in [5.41, 5.74) is 0.194. The molecule has 21 heavy (non-hydrogen) atoms. The third-order valence-corrected chi connectivity index (χ3v) is 2.60. The second-order valence-electron chi connectivity index (χ2n) is 4.17. The van der Waals surface area contributed by atoms with Crippen LogP contribution in [0.5, 0.6) is 5.75 Å². The first-order chi connectivity index (χ1) is 9.95. The van der Waals surface area contributed by atoms with Gasteiger partial charge in [0.2, 0.25) is 5.91 Å². The Morgan fingerprint density at radius 2 is 2.05 bits per heavy atom. The number of halogens is 1. The second-order valence-corrected chi connectivity index (χ2v) is 4.17. The summed E-state index contributed by atoms with van der Waals surface area (Å²) in [7, 11) is 0. The predicted molar refractivity (Wildman–Crippen MR) is 71.3 cm³/mol. The molecule has 8 heteroatoms. The van der Waals surface area contributed by atoms with Gasteiger partial charge in [0.25, 0.3) is 5.69 Å². The van der Waals surface area contributed by atoms with Crippen molar-refractivity contribution in [1.29, 1.82) is 0 Å². The van der Waals surface area contributed by atoms with Crippen LogP contribution in [0.2, 0.25) is 0 Å². The van der Waals surface area contributed by atoms with Gasteiger partial charge in [-0.2, -0.15) is 0 Å². The molecule has 108 valence electrons. The number of nitrogens with zero attached hydrogens (tertiary/aromatic N) is 2. The summed E-state index contributed by atoms with van der Waals surface area (Å²) in [5, 5.41) is 22.4. The highest BCUT2D eigenvalue weighted by atomic mass is 19.1. The molecule has 1 heterocycles. The van der Waals surface area contributed by atoms with Gasteiger partial charge in [-0.1, -0.05) is 12.1 Å². The molecule has 0 aliphatic heterocycles. The highest BCUT2D eigenvalue weighted by Crippen LogP contribution is 2.24. The number of benzene rings is 1. The van der Waals surface area contributed by atoms with Crippen molar-refractivity contribution in [2.75, 3.05) is 5.32 Å². The summed E-state index contributed by atoms with van der Waals surface area (Å²) in [6, 6.07) is 6.25. The molecule has 2 N–H and O–H groups in total. The van der Waals surface area contributed by atoms with Crippen LogP contribution in [0.1, 0.15) is 5.56 Å². The van der Waals surface area contributed by atoms with Crippen LogP contribution in [0, 0.1) is 15.9 Å². The standard InChI is InChI=1S/C13H10FN3O4/c14-9-3-1-8(2-4-9)5-12(19)16-13-11(18)6-10(7-15-13)17(20)21/h1-4,6-7,18H,5H2,(H,15,16,19). The van der Waals surface area contributed by atoms with Crippen LogP contribution in [0.4, 0.5) is 15.9 Å². The minimum atomic E-state index is -0.711. The molecule has 1 amide bonds. The Bertz CT molecular complexity index is 688. The summed E-state index contributed by atoms with van der Waals surface area (Å²) in [4.78, 5) is 25.1. The van der Waals surface area contributed by atoms with Gasteiger partial charge in [0.1, 0.15) is 12.0 Å². The van der Waals surface area contributed by atoms with Crippen LogP contribution in [0.3, 0.4) is 0 Å². The lowest BCUT2D eigenvalue weighted by molar-refractivity contribution is -0.385. The first-order valence-electron chi connectivity index (χ1n) is 5.83. The molecule has 0 fully saturated rings. The van der Waals surface area contributed by atoms with Crippen molar-refractivity contribution < 1.29 is 19.2 Å². The molecule has 0 unspecified atom stereocenters. The summed E-state index contributed by atoms with van der Waals surface area (Å²) >= 11 is 0. The number of hydrogen-bond acceptors (Lipinski definition) is 5. The van der Waals surface area contributed by atoms with Crippen molar-refractivity contribution in [1.82, 2.24) is 4.98 Å². The van der Waals surface area contributed by atoms with E-state index in [4.69, 9.17) is 0 Å². The summed E-state index contributed by atoms with van der Waals surface area (Å²) in [6.45, 7) is 0. The number of amides is 1. The quantitative estimate of drug-likeness (QED) is 0.662. The van der Waals surface area contributed by atoms with E-state index in [-0.39, 0.29) is 17.9 Å². The van der Waals surface area contributed by atoms with Crippen LogP contribution in [0.15, 0.2) is 36.5 Å². The maximum Gasteiger partial charge on any atom is 0.291 e. The molecular formula is C13H10FN3O4. The smallest absolute Gasteiger partial charge is 0.291 e. The van der Waals surface area contributed by atoms with Crippen molar-refractivity contribution in [3.8, 4) is 5.75 Å². The first kappa shape index (κ1) is 14.4. The molecule has 0 saturated heterocycles. The molecule has 0 atom stereocenters. The number of aromatic nitrogens is 1. The number of anilines is 1. The van der Waals surface area contributed by atoms with Crippen LogP contribution >= 0.6 is 0 Å². The fourth-order valence-electron chi connectivity index (χ4n) is 1.60. The van der Waals surface area contributed by atoms with Crippen LogP contribution in [0.25, 0.3) is 0 Å². The summed E-state index contributed by atoms with van der Waals surface area (Å²) in [5.74, 6) is -1.57. The number of rotatable bonds is 4. The molecule has 1 aromatic carbocycles. The van der Waals surface area contributed by atoms with E-state index in [1.807, 2.05) is 0 Å². The number of nitro groups is 1. The van der Waals surface area contributed by atoms with Crippen molar-refractivity contribution in [2.45, 2.75) is 6.42 Å². The summed E-state index contributed by atoms with van der Waals surface area (Å²) < 4.78 is 12.7. The van der Waals surface area contributed by atoms with Crippen LogP contribution in [-0.2, 0) is 11.2 Å². The molecule has 0 bridgehead atoms. The van der Waals surface area contributed by atoms with E-state index in [1.165, 1.54) is 24.3 Å². The lowest BCUT2D eigenvalue weighted by Crippen LogP contribution is -2.15. The predicted octanol–water partition coefficient (Wildman–Crippen LogP) is 2.02. The van der Waals surface area contributed by atoms with Gasteiger partial charge in [0, 0.05) is 0 Å². The normalized spacial score (nSPS) is 10.1. The monoisotopic (exact) mass is 291 g/mol. The molecule has 0 aliphatic rings. The first-order valence-corrected chi connectivity index (χ1v) is 5.83. The zero-order valence-corrected chi connectivity index (χ0v) is 10.6. The van der Waals surface area contributed by atoms with Gasteiger partial charge in [0.15, 0.2) is 11.6 Å². The fraction of sp³-hybridized carbons (Fsp3) is 0.0769. The van der Waals surface area contributed by atoms with Crippen molar-refractivity contribution in [3.63, 3.8) is 0 Å². The maximum atomic E-state index is 12.7. The number of pyridine rings is 1. The van der Waals surface area contributed by atoms with Gasteiger partial charge < -0.3 is 10.4 Å². The lowest BCUT2D eigenvalue weighted by atomic mass is 10.1. The minimum Gasteiger partial charge on any atom is -0.504 e. The van der Waals surface area contributed by atoms with Crippen LogP contribution < -0.4 is 5.32 Å². The Labute approximate surface area is 118 Å². The topological polar surface area (TPSA) is 105 Å². The molecule has 7 nitrogen and oxygen atoms in total. The van der Waals surface area contributed by atoms with Crippen molar-refractivity contribution in [2.24, 2.45) is 0 Å². The SMILES string of the molecule is O=C(Cc1ccc(F)cc1)Nc1ncc([N+](=O)[O-])cc1O. The van der Waals surface area contributed by atoms with Crippen molar-refractivity contribution in [3.05, 3.63) is 58.0 Å². The Morgan fingerprint density at radius 3 is 2.62 bits per heavy atom. The third kappa shape index (κ3) is 3.72. The molecule has 2 rings (SSSR count). The average molecular weight is 291 g/mol. The van der Waals surface area contributed by atoms with Gasteiger partial charge in [-0.05, 0) is 17.7 Å². The number of hydrogen-bond donors (Lipinski definition) is 2. The highest BCUT2D eigenvalue weighted by molar-refractivity contribution is 5.92. The zero-order valence-electron chi connectivity index (χ0n) is 10.6. The van der Waals surface area contributed by atoms with E-state index in [1.54, 1.807) is 0 Å². The number of carbonyl (C=O) groups is 1. The van der Waals surface area contributed by atoms with Crippen LogP contribution in [-0.4, -0.2) is 20.9 Å². The van der Waals surface area contributed by atoms with Gasteiger partial charge in [0.05, 0.1) is 17.4 Å². The molecule has 0 radical (unpaired) electrons. The van der Waals surface area contributed by atoms with Gasteiger partial charge in [-0.25, -0.2) is 9.37 Å². The fourth-order valence-corrected chi connectivity index (χ4v) is 1.60. The Balaban J connectivity index is 2.06. The van der Waals surface area contributed by atoms with E-state index < -0.39 is 22.4 Å². The minimum absolute atomic E-state index is 0.0433. The summed E-state index contributed by atoms with van der Waals surface area (Å²) in [6.07, 6.45) is 0.881. The van der Waals surface area contributed by atoms with E-state index in [0.717, 1.165) is 12.3 Å². The molecule has 2 aromatic rings. The average Bonchev–Trinajstić information content (AvgIpc) is 2.43.